The van der Waals surface area contributed by atoms with Crippen molar-refractivity contribution < 1.29 is 32.4 Å². The number of benzene rings is 2. The molecule has 0 aromatic heterocycles. The van der Waals surface area contributed by atoms with Crippen molar-refractivity contribution in [3.05, 3.63) is 63.7 Å². The fourth-order valence-electron chi connectivity index (χ4n) is 2.41. The molecule has 2 rings (SSSR count). The van der Waals surface area contributed by atoms with Gasteiger partial charge in [0.2, 0.25) is 0 Å². The molecule has 150 valence electrons. The largest absolute Gasteiger partial charge is 0.496 e. The van der Waals surface area contributed by atoms with Gasteiger partial charge < -0.3 is 14.4 Å². The molecule has 0 N–H and O–H groups in total. The second-order valence-corrected chi connectivity index (χ2v) is 5.79. The van der Waals surface area contributed by atoms with Gasteiger partial charge in [0.15, 0.2) is 6.61 Å². The van der Waals surface area contributed by atoms with E-state index in [2.05, 4.69) is 0 Å². The lowest BCUT2D eigenvalue weighted by atomic mass is 10.1. The molecule has 1 amide bonds. The van der Waals surface area contributed by atoms with Crippen LogP contribution in [0.15, 0.2) is 42.5 Å². The Kier molecular flexibility index (Phi) is 6.45. The fourth-order valence-corrected chi connectivity index (χ4v) is 2.41. The molecule has 0 unspecified atom stereocenters. The van der Waals surface area contributed by atoms with E-state index in [0.717, 1.165) is 12.1 Å². The van der Waals surface area contributed by atoms with Crippen molar-refractivity contribution in [2.24, 2.45) is 0 Å². The number of alkyl halides is 3. The Morgan fingerprint density at radius 3 is 2.46 bits per heavy atom. The van der Waals surface area contributed by atoms with Crippen LogP contribution < -0.4 is 9.47 Å². The van der Waals surface area contributed by atoms with Crippen LogP contribution in [-0.2, 0) is 17.5 Å². The first kappa shape index (κ1) is 21.0. The van der Waals surface area contributed by atoms with Crippen molar-refractivity contribution in [1.82, 2.24) is 4.90 Å². The number of nitrogens with zero attached hydrogens (tertiary/aromatic N) is 2. The minimum atomic E-state index is -4.87. The summed E-state index contributed by atoms with van der Waals surface area (Å²) in [6.07, 6.45) is -4.87. The molecule has 7 nitrogen and oxygen atoms in total. The highest BCUT2D eigenvalue weighted by molar-refractivity contribution is 5.77. The summed E-state index contributed by atoms with van der Waals surface area (Å²) in [4.78, 5) is 23.3. The van der Waals surface area contributed by atoms with Crippen molar-refractivity contribution in [2.45, 2.75) is 12.7 Å². The molecular formula is C18H17F3N2O5. The Balaban J connectivity index is 2.10. The summed E-state index contributed by atoms with van der Waals surface area (Å²) in [5.74, 6) is -0.660. The molecule has 2 aromatic carbocycles. The molecule has 0 aliphatic rings. The molecular weight excluding hydrogens is 381 g/mol. The summed E-state index contributed by atoms with van der Waals surface area (Å²) < 4.78 is 49.6. The summed E-state index contributed by atoms with van der Waals surface area (Å²) in [5.41, 5.74) is -1.33. The summed E-state index contributed by atoms with van der Waals surface area (Å²) in [5, 5.41) is 10.7. The Bertz CT molecular complexity index is 871. The second-order valence-electron chi connectivity index (χ2n) is 5.79. The molecule has 10 heteroatoms. The minimum absolute atomic E-state index is 0.165. The maximum Gasteiger partial charge on any atom is 0.420 e. The molecule has 0 spiro atoms. The van der Waals surface area contributed by atoms with E-state index in [1.165, 1.54) is 19.1 Å². The second kappa shape index (κ2) is 8.59. The number of carbonyl (C=O) groups is 1. The van der Waals surface area contributed by atoms with Gasteiger partial charge in [0, 0.05) is 31.3 Å². The number of non-ortho nitro benzene ring substituents is 1. The number of nitro benzene ring substituents is 1. The van der Waals surface area contributed by atoms with Crippen molar-refractivity contribution in [3.8, 4) is 11.5 Å². The predicted molar refractivity (Wildman–Crippen MR) is 93.1 cm³/mol. The number of hydrogen-bond acceptors (Lipinski definition) is 5. The SMILES string of the molecule is COc1ccccc1CN(C)C(=O)COc1ccc([N+](=O)[O-])cc1C(F)(F)F. The number of amides is 1. The zero-order chi connectivity index (χ0) is 20.9. The standard InChI is InChI=1S/C18H17F3N2O5/c1-22(10-12-5-3-4-6-15(12)27-2)17(24)11-28-16-8-7-13(23(25)26)9-14(16)18(19,20)21/h3-9H,10-11H2,1-2H3. The quantitative estimate of drug-likeness (QED) is 0.525. The first-order valence-electron chi connectivity index (χ1n) is 7.97. The molecule has 0 heterocycles. The molecule has 0 bridgehead atoms. The Hall–Kier alpha value is -3.30. The zero-order valence-corrected chi connectivity index (χ0v) is 15.0. The van der Waals surface area contributed by atoms with E-state index in [4.69, 9.17) is 9.47 Å². The summed E-state index contributed by atoms with van der Waals surface area (Å²) >= 11 is 0. The molecule has 0 aliphatic heterocycles. The molecule has 0 fully saturated rings. The van der Waals surface area contributed by atoms with E-state index in [-0.39, 0.29) is 6.54 Å². The van der Waals surface area contributed by atoms with E-state index in [1.54, 1.807) is 24.3 Å². The Morgan fingerprint density at radius 2 is 1.86 bits per heavy atom. The van der Waals surface area contributed by atoms with Crippen LogP contribution in [-0.4, -0.2) is 36.5 Å². The number of para-hydroxylation sites is 1. The van der Waals surface area contributed by atoms with Gasteiger partial charge in [0.05, 0.1) is 12.0 Å². The van der Waals surface area contributed by atoms with Crippen LogP contribution >= 0.6 is 0 Å². The van der Waals surface area contributed by atoms with Gasteiger partial charge in [-0.1, -0.05) is 18.2 Å². The Labute approximate surface area is 158 Å². The number of methoxy groups -OCH3 is 1. The molecule has 0 aliphatic carbocycles. The van der Waals surface area contributed by atoms with Crippen LogP contribution in [0.4, 0.5) is 18.9 Å². The van der Waals surface area contributed by atoms with Gasteiger partial charge in [-0.05, 0) is 12.1 Å². The topological polar surface area (TPSA) is 81.9 Å². The lowest BCUT2D eigenvalue weighted by molar-refractivity contribution is -0.385. The zero-order valence-electron chi connectivity index (χ0n) is 15.0. The van der Waals surface area contributed by atoms with E-state index in [9.17, 15) is 28.1 Å². The van der Waals surface area contributed by atoms with Gasteiger partial charge in [-0.2, -0.15) is 13.2 Å². The van der Waals surface area contributed by atoms with Crippen LogP contribution in [0.3, 0.4) is 0 Å². The summed E-state index contributed by atoms with van der Waals surface area (Å²) in [7, 11) is 2.95. The molecule has 28 heavy (non-hydrogen) atoms. The van der Waals surface area contributed by atoms with Crippen molar-refractivity contribution in [3.63, 3.8) is 0 Å². The molecule has 2 aromatic rings. The van der Waals surface area contributed by atoms with Crippen molar-refractivity contribution in [2.75, 3.05) is 20.8 Å². The minimum Gasteiger partial charge on any atom is -0.496 e. The van der Waals surface area contributed by atoms with Crippen molar-refractivity contribution in [1.29, 1.82) is 0 Å². The number of ether oxygens (including phenoxy) is 2. The lowest BCUT2D eigenvalue weighted by Crippen LogP contribution is -2.31. The normalized spacial score (nSPS) is 11.0. The number of nitro groups is 1. The van der Waals surface area contributed by atoms with Gasteiger partial charge in [-0.25, -0.2) is 0 Å². The summed E-state index contributed by atoms with van der Waals surface area (Å²) in [6.45, 7) is -0.495. The molecule has 0 saturated heterocycles. The van der Waals surface area contributed by atoms with E-state index < -0.39 is 40.6 Å². The average molecular weight is 398 g/mol. The molecule has 0 saturated carbocycles. The fraction of sp³-hybridized carbons (Fsp3) is 0.278. The van der Waals surface area contributed by atoms with Crippen molar-refractivity contribution >= 4 is 11.6 Å². The number of likely N-dealkylation sites (N-methyl/N-ethyl adjacent to an activating group) is 1. The van der Waals surface area contributed by atoms with Crippen LogP contribution in [0.5, 0.6) is 11.5 Å². The number of hydrogen-bond donors (Lipinski definition) is 0. The lowest BCUT2D eigenvalue weighted by Gasteiger charge is -2.20. The van der Waals surface area contributed by atoms with E-state index in [1.807, 2.05) is 0 Å². The third kappa shape index (κ3) is 5.12. The van der Waals surface area contributed by atoms with Gasteiger partial charge in [-0.3, -0.25) is 14.9 Å². The highest BCUT2D eigenvalue weighted by Crippen LogP contribution is 2.38. The maximum atomic E-state index is 13.1. The third-order valence-electron chi connectivity index (χ3n) is 3.86. The van der Waals surface area contributed by atoms with E-state index >= 15 is 0 Å². The highest BCUT2D eigenvalue weighted by atomic mass is 19.4. The molecule has 0 radical (unpaired) electrons. The van der Waals surface area contributed by atoms with Gasteiger partial charge in [0.1, 0.15) is 17.1 Å². The van der Waals surface area contributed by atoms with Crippen LogP contribution in [0.2, 0.25) is 0 Å². The summed E-state index contributed by atoms with van der Waals surface area (Å²) in [6, 6.07) is 9.08. The number of rotatable bonds is 7. The third-order valence-corrected chi connectivity index (χ3v) is 3.86. The van der Waals surface area contributed by atoms with Crippen LogP contribution in [0, 0.1) is 10.1 Å². The van der Waals surface area contributed by atoms with Crippen LogP contribution in [0.1, 0.15) is 11.1 Å². The van der Waals surface area contributed by atoms with Gasteiger partial charge in [0.25, 0.3) is 11.6 Å². The highest BCUT2D eigenvalue weighted by Gasteiger charge is 2.36. The molecule has 0 atom stereocenters. The van der Waals surface area contributed by atoms with Gasteiger partial charge >= 0.3 is 6.18 Å². The first-order chi connectivity index (χ1) is 13.1. The van der Waals surface area contributed by atoms with Crippen LogP contribution in [0.25, 0.3) is 0 Å². The number of halogens is 3. The Morgan fingerprint density at radius 1 is 1.18 bits per heavy atom. The van der Waals surface area contributed by atoms with E-state index in [0.29, 0.717) is 17.4 Å². The first-order valence-corrected chi connectivity index (χ1v) is 7.97. The average Bonchev–Trinajstić information content (AvgIpc) is 2.65. The monoisotopic (exact) mass is 398 g/mol. The number of carbonyl (C=O) groups excluding carboxylic acids is 1. The van der Waals surface area contributed by atoms with Gasteiger partial charge in [-0.15, -0.1) is 0 Å². The predicted octanol–water partition coefficient (Wildman–Crippen LogP) is 3.66. The maximum absolute atomic E-state index is 13.1. The smallest absolute Gasteiger partial charge is 0.420 e.